The van der Waals surface area contributed by atoms with Gasteiger partial charge in [-0.25, -0.2) is 4.98 Å². The third-order valence-corrected chi connectivity index (χ3v) is 5.15. The molecule has 0 fully saturated rings. The number of hydrogen-bond acceptors (Lipinski definition) is 4. The fraction of sp³-hybridized carbons (Fsp3) is 0.350. The second kappa shape index (κ2) is 8.17. The number of nitrogens with zero attached hydrogens (tertiary/aromatic N) is 2. The second-order valence-electron chi connectivity index (χ2n) is 6.29. The van der Waals surface area contributed by atoms with Crippen molar-refractivity contribution >= 4 is 17.7 Å². The predicted molar refractivity (Wildman–Crippen MR) is 102 cm³/mol. The van der Waals surface area contributed by atoms with E-state index in [9.17, 15) is 10.1 Å². The van der Waals surface area contributed by atoms with Crippen molar-refractivity contribution in [2.24, 2.45) is 0 Å². The zero-order chi connectivity index (χ0) is 18.6. The molecule has 0 spiro atoms. The van der Waals surface area contributed by atoms with Crippen LogP contribution in [0.1, 0.15) is 46.5 Å². The Hall–Kier alpha value is -2.32. The van der Waals surface area contributed by atoms with E-state index in [1.54, 1.807) is 0 Å². The first-order valence-electron chi connectivity index (χ1n) is 8.19. The van der Waals surface area contributed by atoms with Gasteiger partial charge in [0.05, 0.1) is 17.4 Å². The summed E-state index contributed by atoms with van der Waals surface area (Å²) in [6.07, 6.45) is 0. The van der Waals surface area contributed by atoms with Crippen LogP contribution in [0.5, 0.6) is 0 Å². The summed E-state index contributed by atoms with van der Waals surface area (Å²) >= 11 is 1.31. The van der Waals surface area contributed by atoms with E-state index in [2.05, 4.69) is 42.4 Å². The molecular formula is C20H23N3OS. The zero-order valence-corrected chi connectivity index (χ0v) is 16.1. The topological polar surface area (TPSA) is 65.8 Å². The highest BCUT2D eigenvalue weighted by molar-refractivity contribution is 8.00. The van der Waals surface area contributed by atoms with Crippen molar-refractivity contribution in [1.82, 2.24) is 10.3 Å². The number of aromatic nitrogens is 1. The molecule has 0 bridgehead atoms. The van der Waals surface area contributed by atoms with Gasteiger partial charge in [-0.05, 0) is 62.9 Å². The minimum Gasteiger partial charge on any atom is -0.349 e. The van der Waals surface area contributed by atoms with Crippen molar-refractivity contribution in [3.8, 4) is 6.07 Å². The van der Waals surface area contributed by atoms with Crippen LogP contribution in [-0.4, -0.2) is 16.6 Å². The predicted octanol–water partition coefficient (Wildman–Crippen LogP) is 4.16. The normalized spacial score (nSPS) is 11.7. The van der Waals surface area contributed by atoms with Crippen LogP contribution in [0.3, 0.4) is 0 Å². The highest BCUT2D eigenvalue weighted by Gasteiger charge is 2.14. The van der Waals surface area contributed by atoms with Gasteiger partial charge < -0.3 is 5.32 Å². The average molecular weight is 353 g/mol. The maximum atomic E-state index is 12.3. The van der Waals surface area contributed by atoms with Gasteiger partial charge in [-0.15, -0.1) is 0 Å². The van der Waals surface area contributed by atoms with E-state index in [0.717, 1.165) is 16.8 Å². The molecule has 5 heteroatoms. The second-order valence-corrected chi connectivity index (χ2v) is 7.26. The number of thioether (sulfide) groups is 1. The lowest BCUT2D eigenvalue weighted by Crippen LogP contribution is -2.28. The van der Waals surface area contributed by atoms with Crippen molar-refractivity contribution in [3.05, 3.63) is 57.8 Å². The molecule has 0 aliphatic rings. The van der Waals surface area contributed by atoms with E-state index in [1.807, 2.05) is 32.9 Å². The first kappa shape index (κ1) is 19.0. The van der Waals surface area contributed by atoms with Gasteiger partial charge in [0.2, 0.25) is 5.91 Å². The van der Waals surface area contributed by atoms with Crippen LogP contribution in [0.4, 0.5) is 0 Å². The quantitative estimate of drug-likeness (QED) is 0.820. The maximum Gasteiger partial charge on any atom is 0.230 e. The molecule has 130 valence electrons. The van der Waals surface area contributed by atoms with Crippen LogP contribution in [0.15, 0.2) is 29.3 Å². The molecule has 1 unspecified atom stereocenters. The summed E-state index contributed by atoms with van der Waals surface area (Å²) in [4.78, 5) is 16.7. The summed E-state index contributed by atoms with van der Waals surface area (Å²) in [5.41, 5.74) is 5.83. The lowest BCUT2D eigenvalue weighted by atomic mass is 10.0. The number of hydrogen-bond donors (Lipinski definition) is 1. The molecule has 0 saturated heterocycles. The Bertz CT molecular complexity index is 840. The van der Waals surface area contributed by atoms with Crippen molar-refractivity contribution in [2.75, 3.05) is 5.75 Å². The van der Waals surface area contributed by atoms with E-state index in [-0.39, 0.29) is 17.7 Å². The van der Waals surface area contributed by atoms with E-state index in [4.69, 9.17) is 0 Å². The van der Waals surface area contributed by atoms with Gasteiger partial charge in [-0.2, -0.15) is 5.26 Å². The van der Waals surface area contributed by atoms with Gasteiger partial charge in [0.1, 0.15) is 11.1 Å². The summed E-state index contributed by atoms with van der Waals surface area (Å²) in [5.74, 6) is 0.167. The molecule has 0 aliphatic carbocycles. The number of pyridine rings is 1. The monoisotopic (exact) mass is 353 g/mol. The van der Waals surface area contributed by atoms with Crippen LogP contribution in [-0.2, 0) is 4.79 Å². The molecule has 4 nitrogen and oxygen atoms in total. The highest BCUT2D eigenvalue weighted by Crippen LogP contribution is 2.24. The first-order valence-corrected chi connectivity index (χ1v) is 9.18. The van der Waals surface area contributed by atoms with Crippen molar-refractivity contribution in [2.45, 2.75) is 45.7 Å². The molecule has 1 aromatic heterocycles. The molecule has 0 radical (unpaired) electrons. The lowest BCUT2D eigenvalue weighted by molar-refractivity contribution is -0.119. The Morgan fingerprint density at radius 3 is 2.56 bits per heavy atom. The van der Waals surface area contributed by atoms with Gasteiger partial charge in [0, 0.05) is 5.69 Å². The largest absolute Gasteiger partial charge is 0.349 e. The Balaban J connectivity index is 2.01. The fourth-order valence-electron chi connectivity index (χ4n) is 2.58. The Kier molecular flexibility index (Phi) is 6.22. The molecule has 1 atom stereocenters. The standard InChI is InChI=1S/C20H23N3OS/c1-12-6-7-17(9-13(12)2)16(5)23-19(24)11-25-20-18(10-21)14(3)8-15(4)22-20/h6-9,16H,11H2,1-5H3,(H,23,24). The molecule has 2 aromatic rings. The van der Waals surface area contributed by atoms with Crippen LogP contribution >= 0.6 is 11.8 Å². The van der Waals surface area contributed by atoms with Gasteiger partial charge in [0.15, 0.2) is 0 Å². The van der Waals surface area contributed by atoms with Crippen LogP contribution in [0.2, 0.25) is 0 Å². The zero-order valence-electron chi connectivity index (χ0n) is 15.3. The average Bonchev–Trinajstić information content (AvgIpc) is 2.55. The lowest BCUT2D eigenvalue weighted by Gasteiger charge is -2.16. The highest BCUT2D eigenvalue weighted by atomic mass is 32.2. The number of nitrogens with one attached hydrogen (secondary N) is 1. The smallest absolute Gasteiger partial charge is 0.230 e. The van der Waals surface area contributed by atoms with Gasteiger partial charge in [0.25, 0.3) is 0 Å². The van der Waals surface area contributed by atoms with E-state index in [0.29, 0.717) is 10.6 Å². The van der Waals surface area contributed by atoms with E-state index in [1.165, 1.54) is 22.9 Å². The summed E-state index contributed by atoms with van der Waals surface area (Å²) in [5, 5.41) is 12.9. The van der Waals surface area contributed by atoms with Gasteiger partial charge in [-0.3, -0.25) is 4.79 Å². The molecule has 25 heavy (non-hydrogen) atoms. The number of rotatable bonds is 5. The minimum absolute atomic E-state index is 0.0601. The molecule has 1 amide bonds. The molecule has 1 aromatic carbocycles. The van der Waals surface area contributed by atoms with Crippen LogP contribution in [0.25, 0.3) is 0 Å². The summed E-state index contributed by atoms with van der Waals surface area (Å²) < 4.78 is 0. The fourth-order valence-corrected chi connectivity index (χ4v) is 3.49. The number of carbonyl (C=O) groups is 1. The van der Waals surface area contributed by atoms with Crippen molar-refractivity contribution < 1.29 is 4.79 Å². The number of amides is 1. The van der Waals surface area contributed by atoms with E-state index >= 15 is 0 Å². The van der Waals surface area contributed by atoms with E-state index < -0.39 is 0 Å². The van der Waals surface area contributed by atoms with Crippen molar-refractivity contribution in [3.63, 3.8) is 0 Å². The third-order valence-electron chi connectivity index (χ3n) is 4.17. The SMILES string of the molecule is Cc1cc(C)c(C#N)c(SCC(=O)NC(C)c2ccc(C)c(C)c2)n1. The summed E-state index contributed by atoms with van der Waals surface area (Å²) in [7, 11) is 0. The summed E-state index contributed by atoms with van der Waals surface area (Å²) in [6, 6.07) is 10.2. The molecule has 1 heterocycles. The molecular weight excluding hydrogens is 330 g/mol. The van der Waals surface area contributed by atoms with Crippen molar-refractivity contribution in [1.29, 1.82) is 5.26 Å². The summed E-state index contributed by atoms with van der Waals surface area (Å²) in [6.45, 7) is 9.89. The van der Waals surface area contributed by atoms with Gasteiger partial charge in [-0.1, -0.05) is 30.0 Å². The van der Waals surface area contributed by atoms with Crippen LogP contribution < -0.4 is 5.32 Å². The Morgan fingerprint density at radius 1 is 1.20 bits per heavy atom. The number of benzene rings is 1. The molecule has 0 saturated carbocycles. The number of carbonyl (C=O) groups excluding carboxylic acids is 1. The Morgan fingerprint density at radius 2 is 1.92 bits per heavy atom. The Labute approximate surface area is 153 Å². The third kappa shape index (κ3) is 4.83. The number of aryl methyl sites for hydroxylation is 4. The van der Waals surface area contributed by atoms with Crippen LogP contribution in [0, 0.1) is 39.0 Å². The maximum absolute atomic E-state index is 12.3. The number of nitriles is 1. The molecule has 1 N–H and O–H groups in total. The van der Waals surface area contributed by atoms with Gasteiger partial charge >= 0.3 is 0 Å². The molecule has 2 rings (SSSR count). The first-order chi connectivity index (χ1) is 11.8. The minimum atomic E-state index is -0.0689. The molecule has 0 aliphatic heterocycles.